The van der Waals surface area contributed by atoms with Crippen LogP contribution in [0.4, 0.5) is 32.1 Å². The number of carbonyl (C=O) groups excluding carboxylic acids is 2. The Morgan fingerprint density at radius 1 is 1.03 bits per heavy atom. The summed E-state index contributed by atoms with van der Waals surface area (Å²) in [6.45, 7) is 5.16. The Morgan fingerprint density at radius 2 is 1.85 bits per heavy atom. The van der Waals surface area contributed by atoms with E-state index in [1.165, 1.54) is 12.1 Å². The fourth-order valence-electron chi connectivity index (χ4n) is 3.49. The van der Waals surface area contributed by atoms with E-state index in [1.54, 1.807) is 43.6 Å². The number of pyridine rings is 2. The van der Waals surface area contributed by atoms with Crippen molar-refractivity contribution in [1.29, 1.82) is 0 Å². The first-order valence-electron chi connectivity index (χ1n) is 10.5. The average Bonchev–Trinajstić information content (AvgIpc) is 2.82. The zero-order valence-corrected chi connectivity index (χ0v) is 18.1. The molecular weight excluding hydrogens is 425 g/mol. The molecule has 3 aromatic rings. The molecule has 10 heteroatoms. The number of nitrogens with one attached hydrogen (secondary N) is 4. The SMILES string of the molecule is Cc1ccc(F)c(NC(=O)Nc2cccc(C(=O)Nc3cnccc3N3CCNCC3)n2)c1. The maximum absolute atomic E-state index is 13.9. The molecular formula is C23H24FN7O2. The lowest BCUT2D eigenvalue weighted by Gasteiger charge is -2.30. The number of nitrogens with zero attached hydrogens (tertiary/aromatic N) is 3. The van der Waals surface area contributed by atoms with Crippen LogP contribution in [0.3, 0.4) is 0 Å². The van der Waals surface area contributed by atoms with Gasteiger partial charge in [0.25, 0.3) is 5.91 Å². The van der Waals surface area contributed by atoms with Gasteiger partial charge in [-0.1, -0.05) is 12.1 Å². The van der Waals surface area contributed by atoms with Crippen LogP contribution in [-0.2, 0) is 0 Å². The highest BCUT2D eigenvalue weighted by Gasteiger charge is 2.17. The number of halogens is 1. The minimum atomic E-state index is -0.669. The van der Waals surface area contributed by atoms with E-state index in [1.807, 2.05) is 6.07 Å². The zero-order chi connectivity index (χ0) is 23.2. The molecule has 4 rings (SSSR count). The summed E-state index contributed by atoms with van der Waals surface area (Å²) in [5, 5.41) is 11.1. The Hall–Kier alpha value is -4.05. The molecule has 0 bridgehead atoms. The van der Waals surface area contributed by atoms with Crippen molar-refractivity contribution in [3.8, 4) is 0 Å². The van der Waals surface area contributed by atoms with Crippen molar-refractivity contribution in [3.05, 3.63) is 71.9 Å². The van der Waals surface area contributed by atoms with Gasteiger partial charge >= 0.3 is 6.03 Å². The van der Waals surface area contributed by atoms with Gasteiger partial charge in [0.15, 0.2) is 0 Å². The quantitative estimate of drug-likeness (QED) is 0.476. The lowest BCUT2D eigenvalue weighted by Crippen LogP contribution is -2.43. The molecule has 1 aliphatic rings. The molecule has 0 atom stereocenters. The number of amides is 3. The number of hydrogen-bond donors (Lipinski definition) is 4. The molecule has 4 N–H and O–H groups in total. The summed E-state index contributed by atoms with van der Waals surface area (Å²) in [5.41, 5.74) is 2.44. The van der Waals surface area contributed by atoms with Crippen molar-refractivity contribution in [1.82, 2.24) is 15.3 Å². The van der Waals surface area contributed by atoms with Crippen molar-refractivity contribution >= 4 is 34.8 Å². The van der Waals surface area contributed by atoms with Crippen LogP contribution in [0.5, 0.6) is 0 Å². The second-order valence-corrected chi connectivity index (χ2v) is 7.55. The summed E-state index contributed by atoms with van der Waals surface area (Å²) in [7, 11) is 0. The number of benzene rings is 1. The van der Waals surface area contributed by atoms with Crippen LogP contribution >= 0.6 is 0 Å². The predicted molar refractivity (Wildman–Crippen MR) is 125 cm³/mol. The molecule has 1 aromatic carbocycles. The number of carbonyl (C=O) groups is 2. The van der Waals surface area contributed by atoms with E-state index >= 15 is 0 Å². The van der Waals surface area contributed by atoms with Crippen LogP contribution in [0, 0.1) is 12.7 Å². The highest BCUT2D eigenvalue weighted by atomic mass is 19.1. The number of piperazine rings is 1. The van der Waals surface area contributed by atoms with Crippen LogP contribution in [0.1, 0.15) is 16.1 Å². The molecule has 0 unspecified atom stereocenters. The van der Waals surface area contributed by atoms with Crippen LogP contribution in [0.15, 0.2) is 54.9 Å². The monoisotopic (exact) mass is 449 g/mol. The molecule has 33 heavy (non-hydrogen) atoms. The molecule has 0 saturated carbocycles. The number of aromatic nitrogens is 2. The number of urea groups is 1. The van der Waals surface area contributed by atoms with Gasteiger partial charge in [-0.25, -0.2) is 14.2 Å². The van der Waals surface area contributed by atoms with Gasteiger partial charge in [0, 0.05) is 32.4 Å². The van der Waals surface area contributed by atoms with Crippen molar-refractivity contribution in [3.63, 3.8) is 0 Å². The molecule has 0 radical (unpaired) electrons. The Morgan fingerprint density at radius 3 is 2.67 bits per heavy atom. The Labute approximate surface area is 190 Å². The maximum Gasteiger partial charge on any atom is 0.324 e. The van der Waals surface area contributed by atoms with E-state index in [0.717, 1.165) is 37.4 Å². The standard InChI is InChI=1S/C23H24FN7O2/c1-15-5-6-16(24)18(13-15)29-23(33)30-21-4-2-3-17(27-21)22(32)28-19-14-26-8-7-20(19)31-11-9-25-10-12-31/h2-8,13-14,25H,9-12H2,1H3,(H,28,32)(H2,27,29,30,33). The average molecular weight is 449 g/mol. The van der Waals surface area contributed by atoms with Gasteiger partial charge in [-0.15, -0.1) is 0 Å². The Balaban J connectivity index is 1.44. The Bertz CT molecular complexity index is 1170. The number of rotatable bonds is 5. The molecule has 2 aromatic heterocycles. The smallest absolute Gasteiger partial charge is 0.324 e. The third-order valence-electron chi connectivity index (χ3n) is 5.10. The van der Waals surface area contributed by atoms with E-state index in [-0.39, 0.29) is 17.2 Å². The lowest BCUT2D eigenvalue weighted by molar-refractivity contribution is 0.102. The molecule has 3 heterocycles. The molecule has 9 nitrogen and oxygen atoms in total. The normalized spacial score (nSPS) is 13.3. The molecule has 1 aliphatic heterocycles. The van der Waals surface area contributed by atoms with Gasteiger partial charge in [-0.3, -0.25) is 15.1 Å². The summed E-state index contributed by atoms with van der Waals surface area (Å²) in [6.07, 6.45) is 3.28. The minimum Gasteiger partial charge on any atom is -0.367 e. The molecule has 3 amide bonds. The predicted octanol–water partition coefficient (Wildman–Crippen LogP) is 3.23. The highest BCUT2D eigenvalue weighted by molar-refractivity contribution is 6.05. The van der Waals surface area contributed by atoms with E-state index in [0.29, 0.717) is 5.69 Å². The van der Waals surface area contributed by atoms with Gasteiger partial charge in [-0.05, 0) is 42.8 Å². The van der Waals surface area contributed by atoms with Gasteiger partial charge in [0.05, 0.1) is 23.3 Å². The first kappa shape index (κ1) is 22.2. The zero-order valence-electron chi connectivity index (χ0n) is 18.1. The molecule has 0 spiro atoms. The second kappa shape index (κ2) is 10.0. The van der Waals surface area contributed by atoms with Crippen molar-refractivity contribution in [2.75, 3.05) is 47.0 Å². The number of hydrogen-bond acceptors (Lipinski definition) is 6. The van der Waals surface area contributed by atoms with Gasteiger partial charge in [0.2, 0.25) is 0 Å². The van der Waals surface area contributed by atoms with Crippen LogP contribution in [-0.4, -0.2) is 48.1 Å². The first-order chi connectivity index (χ1) is 16.0. The van der Waals surface area contributed by atoms with Crippen molar-refractivity contribution in [2.24, 2.45) is 0 Å². The first-order valence-corrected chi connectivity index (χ1v) is 10.5. The molecule has 1 fully saturated rings. The van der Waals surface area contributed by atoms with Gasteiger partial charge < -0.3 is 20.9 Å². The van der Waals surface area contributed by atoms with Crippen LogP contribution < -0.4 is 26.2 Å². The van der Waals surface area contributed by atoms with Crippen LogP contribution in [0.25, 0.3) is 0 Å². The van der Waals surface area contributed by atoms with E-state index in [2.05, 4.69) is 36.1 Å². The highest BCUT2D eigenvalue weighted by Crippen LogP contribution is 2.25. The Kier molecular flexibility index (Phi) is 6.75. The summed E-state index contributed by atoms with van der Waals surface area (Å²) in [6, 6.07) is 10.3. The number of anilines is 4. The van der Waals surface area contributed by atoms with Crippen molar-refractivity contribution < 1.29 is 14.0 Å². The summed E-state index contributed by atoms with van der Waals surface area (Å²) < 4.78 is 13.9. The van der Waals surface area contributed by atoms with Crippen LogP contribution in [0.2, 0.25) is 0 Å². The third kappa shape index (κ3) is 5.60. The summed E-state index contributed by atoms with van der Waals surface area (Å²) >= 11 is 0. The maximum atomic E-state index is 13.9. The van der Waals surface area contributed by atoms with Gasteiger partial charge in [-0.2, -0.15) is 0 Å². The third-order valence-corrected chi connectivity index (χ3v) is 5.10. The largest absolute Gasteiger partial charge is 0.367 e. The van der Waals surface area contributed by atoms with E-state index < -0.39 is 17.8 Å². The number of aryl methyl sites for hydroxylation is 1. The fourth-order valence-corrected chi connectivity index (χ4v) is 3.49. The molecule has 0 aliphatic carbocycles. The fraction of sp³-hybridized carbons (Fsp3) is 0.217. The lowest BCUT2D eigenvalue weighted by atomic mass is 10.2. The van der Waals surface area contributed by atoms with Gasteiger partial charge in [0.1, 0.15) is 17.3 Å². The van der Waals surface area contributed by atoms with E-state index in [4.69, 9.17) is 0 Å². The van der Waals surface area contributed by atoms with E-state index in [9.17, 15) is 14.0 Å². The summed E-state index contributed by atoms with van der Waals surface area (Å²) in [5.74, 6) is -0.830. The molecule has 170 valence electrons. The topological polar surface area (TPSA) is 111 Å². The molecule has 1 saturated heterocycles. The summed E-state index contributed by atoms with van der Waals surface area (Å²) in [4.78, 5) is 35.6. The minimum absolute atomic E-state index is 0.0541. The van der Waals surface area contributed by atoms with Crippen molar-refractivity contribution in [2.45, 2.75) is 6.92 Å². The second-order valence-electron chi connectivity index (χ2n) is 7.55.